The number of rotatable bonds is 9. The Kier molecular flexibility index (Phi) is 8.45. The molecule has 0 amide bonds. The molecule has 2 N–H and O–H groups in total. The first kappa shape index (κ1) is 21.7. The molecule has 2 aromatic rings. The Labute approximate surface area is 177 Å². The van der Waals surface area contributed by atoms with Crippen LogP contribution in [-0.4, -0.2) is 65.0 Å². The van der Waals surface area contributed by atoms with E-state index in [9.17, 15) is 0 Å². The third kappa shape index (κ3) is 6.80. The van der Waals surface area contributed by atoms with E-state index in [1.807, 2.05) is 18.5 Å². The van der Waals surface area contributed by atoms with Crippen molar-refractivity contribution in [3.8, 4) is 0 Å². The molecule has 0 atom stereocenters. The van der Waals surface area contributed by atoms with Gasteiger partial charge in [-0.25, -0.2) is 4.99 Å². The third-order valence-electron chi connectivity index (χ3n) is 5.29. The number of nitrogens with one attached hydrogen (secondary N) is 2. The number of hydrogen-bond acceptors (Lipinski definition) is 6. The van der Waals surface area contributed by atoms with Crippen LogP contribution in [0.5, 0.6) is 0 Å². The maximum absolute atomic E-state index is 5.15. The molecule has 9 heteroatoms. The average molecular weight is 420 g/mol. The maximum Gasteiger partial charge on any atom is 0.191 e. The second-order valence-corrected chi connectivity index (χ2v) is 8.27. The van der Waals surface area contributed by atoms with E-state index >= 15 is 0 Å². The molecule has 160 valence electrons. The summed E-state index contributed by atoms with van der Waals surface area (Å²) in [7, 11) is 3.70. The minimum atomic E-state index is 0.434. The van der Waals surface area contributed by atoms with Crippen molar-refractivity contribution >= 4 is 17.3 Å². The molecule has 3 rings (SSSR count). The van der Waals surface area contributed by atoms with E-state index in [4.69, 9.17) is 9.73 Å². The summed E-state index contributed by atoms with van der Waals surface area (Å²) in [4.78, 5) is 7.29. The van der Waals surface area contributed by atoms with E-state index in [0.717, 1.165) is 69.7 Å². The van der Waals surface area contributed by atoms with Crippen LogP contribution in [-0.2, 0) is 24.9 Å². The van der Waals surface area contributed by atoms with Gasteiger partial charge in [0.05, 0.1) is 0 Å². The summed E-state index contributed by atoms with van der Waals surface area (Å²) < 4.78 is 7.13. The molecule has 8 nitrogen and oxygen atoms in total. The van der Waals surface area contributed by atoms with E-state index < -0.39 is 0 Å². The van der Waals surface area contributed by atoms with Crippen LogP contribution in [0.4, 0.5) is 0 Å². The zero-order valence-corrected chi connectivity index (χ0v) is 18.5. The van der Waals surface area contributed by atoms with Crippen LogP contribution in [0, 0.1) is 6.92 Å². The van der Waals surface area contributed by atoms with Crippen LogP contribution in [0.15, 0.2) is 21.8 Å². The second kappa shape index (κ2) is 11.3. The van der Waals surface area contributed by atoms with Crippen LogP contribution in [0.2, 0.25) is 0 Å². The molecule has 1 saturated heterocycles. The molecule has 1 fully saturated rings. The van der Waals surface area contributed by atoms with E-state index in [0.29, 0.717) is 12.6 Å². The number of aliphatic imine (C=N–C) groups is 1. The summed E-state index contributed by atoms with van der Waals surface area (Å²) in [6.07, 6.45) is 3.18. The molecule has 3 heterocycles. The van der Waals surface area contributed by atoms with Gasteiger partial charge in [-0.15, -0.1) is 10.2 Å². The van der Waals surface area contributed by atoms with Gasteiger partial charge in [0.1, 0.15) is 12.4 Å². The van der Waals surface area contributed by atoms with Gasteiger partial charge in [-0.05, 0) is 48.6 Å². The van der Waals surface area contributed by atoms with Crippen molar-refractivity contribution in [3.63, 3.8) is 0 Å². The summed E-state index contributed by atoms with van der Waals surface area (Å²) >= 11 is 1.77. The largest absolute Gasteiger partial charge is 0.385 e. The highest BCUT2D eigenvalue weighted by atomic mass is 32.1. The summed E-state index contributed by atoms with van der Waals surface area (Å²) in [5, 5.41) is 19.8. The molecule has 1 aliphatic heterocycles. The third-order valence-corrected chi connectivity index (χ3v) is 6.03. The number of thiophene rings is 1. The zero-order valence-electron chi connectivity index (χ0n) is 17.7. The fraction of sp³-hybridized carbons (Fsp3) is 0.650. The van der Waals surface area contributed by atoms with Crippen molar-refractivity contribution in [1.82, 2.24) is 30.3 Å². The molecule has 0 aromatic carbocycles. The topological polar surface area (TPSA) is 79.6 Å². The van der Waals surface area contributed by atoms with Crippen molar-refractivity contribution in [1.29, 1.82) is 0 Å². The number of aryl methyl sites for hydroxylation is 1. The molecule has 0 aliphatic carbocycles. The number of likely N-dealkylation sites (tertiary alicyclic amines) is 1. The van der Waals surface area contributed by atoms with Gasteiger partial charge in [-0.3, -0.25) is 4.90 Å². The van der Waals surface area contributed by atoms with Gasteiger partial charge in [-0.2, -0.15) is 11.3 Å². The predicted molar refractivity (Wildman–Crippen MR) is 117 cm³/mol. The van der Waals surface area contributed by atoms with Gasteiger partial charge in [0.2, 0.25) is 0 Å². The lowest BCUT2D eigenvalue weighted by Crippen LogP contribution is -2.48. The van der Waals surface area contributed by atoms with E-state index in [-0.39, 0.29) is 0 Å². The minimum Gasteiger partial charge on any atom is -0.385 e. The number of aromatic nitrogens is 3. The molecule has 0 unspecified atom stereocenters. The zero-order chi connectivity index (χ0) is 20.5. The molecule has 0 spiro atoms. The highest BCUT2D eigenvalue weighted by Gasteiger charge is 2.20. The first-order chi connectivity index (χ1) is 14.2. The number of piperidine rings is 1. The van der Waals surface area contributed by atoms with Crippen LogP contribution >= 0.6 is 11.3 Å². The molecular formula is C20H33N7OS. The summed E-state index contributed by atoms with van der Waals surface area (Å²) in [5.41, 5.74) is 1.42. The molecule has 29 heavy (non-hydrogen) atoms. The van der Waals surface area contributed by atoms with Crippen molar-refractivity contribution in [2.24, 2.45) is 12.0 Å². The molecule has 0 saturated carbocycles. The predicted octanol–water partition coefficient (Wildman–Crippen LogP) is 1.92. The van der Waals surface area contributed by atoms with Gasteiger partial charge >= 0.3 is 0 Å². The molecule has 2 aromatic heterocycles. The Hall–Kier alpha value is -1.97. The van der Waals surface area contributed by atoms with Gasteiger partial charge in [-0.1, -0.05) is 0 Å². The SMILES string of the molecule is COCCCNC(=NCc1nnc(C)n1C)NC1CCN(Cc2ccsc2)CC1. The van der Waals surface area contributed by atoms with Crippen LogP contribution < -0.4 is 10.6 Å². The lowest BCUT2D eigenvalue weighted by molar-refractivity contribution is 0.194. The van der Waals surface area contributed by atoms with Crippen molar-refractivity contribution in [3.05, 3.63) is 34.0 Å². The van der Waals surface area contributed by atoms with Crippen LogP contribution in [0.3, 0.4) is 0 Å². The highest BCUT2D eigenvalue weighted by Crippen LogP contribution is 2.15. The van der Waals surface area contributed by atoms with Gasteiger partial charge in [0.25, 0.3) is 0 Å². The average Bonchev–Trinajstić information content (AvgIpc) is 3.35. The Balaban J connectivity index is 1.52. The van der Waals surface area contributed by atoms with Crippen molar-refractivity contribution in [2.45, 2.75) is 45.3 Å². The number of nitrogens with zero attached hydrogens (tertiary/aromatic N) is 5. The Morgan fingerprint density at radius 1 is 1.34 bits per heavy atom. The number of ether oxygens (including phenoxy) is 1. The quantitative estimate of drug-likeness (QED) is 0.367. The first-order valence-electron chi connectivity index (χ1n) is 10.3. The van der Waals surface area contributed by atoms with Crippen molar-refractivity contribution < 1.29 is 4.74 Å². The summed E-state index contributed by atoms with van der Waals surface area (Å²) in [6, 6.07) is 2.65. The fourth-order valence-corrected chi connectivity index (χ4v) is 4.04. The van der Waals surface area contributed by atoms with Gasteiger partial charge in [0, 0.05) is 53.0 Å². The normalized spacial score (nSPS) is 16.3. The lowest BCUT2D eigenvalue weighted by atomic mass is 10.0. The first-order valence-corrected chi connectivity index (χ1v) is 11.2. The summed E-state index contributed by atoms with van der Waals surface area (Å²) in [5.74, 6) is 2.61. The Morgan fingerprint density at radius 3 is 2.83 bits per heavy atom. The van der Waals surface area contributed by atoms with Gasteiger partial charge < -0.3 is 19.9 Å². The number of guanidine groups is 1. The maximum atomic E-state index is 5.15. The standard InChI is InChI=1S/C20H33N7OS/c1-16-24-25-19(26(16)2)13-22-20(21-8-4-11-28-3)23-18-5-9-27(10-6-18)14-17-7-12-29-15-17/h7,12,15,18H,4-6,8-11,13-14H2,1-3H3,(H2,21,22,23). The molecule has 1 aliphatic rings. The number of methoxy groups -OCH3 is 1. The van der Waals surface area contributed by atoms with E-state index in [1.54, 1.807) is 18.4 Å². The summed E-state index contributed by atoms with van der Waals surface area (Å²) in [6.45, 7) is 7.29. The van der Waals surface area contributed by atoms with Gasteiger partial charge in [0.15, 0.2) is 11.8 Å². The fourth-order valence-electron chi connectivity index (χ4n) is 3.38. The number of hydrogen-bond donors (Lipinski definition) is 2. The van der Waals surface area contributed by atoms with E-state index in [2.05, 4.69) is 42.6 Å². The molecule has 0 radical (unpaired) electrons. The van der Waals surface area contributed by atoms with E-state index in [1.165, 1.54) is 5.56 Å². The van der Waals surface area contributed by atoms with Crippen LogP contribution in [0.1, 0.15) is 36.5 Å². The smallest absolute Gasteiger partial charge is 0.191 e. The van der Waals surface area contributed by atoms with Crippen LogP contribution in [0.25, 0.3) is 0 Å². The monoisotopic (exact) mass is 419 g/mol. The minimum absolute atomic E-state index is 0.434. The molecular weight excluding hydrogens is 386 g/mol. The highest BCUT2D eigenvalue weighted by molar-refractivity contribution is 7.07. The molecule has 0 bridgehead atoms. The second-order valence-electron chi connectivity index (χ2n) is 7.49. The van der Waals surface area contributed by atoms with Crippen molar-refractivity contribution in [2.75, 3.05) is 33.4 Å². The Morgan fingerprint density at radius 2 is 2.17 bits per heavy atom. The lowest BCUT2D eigenvalue weighted by Gasteiger charge is -2.33. The Bertz CT molecular complexity index is 751.